The van der Waals surface area contributed by atoms with E-state index in [2.05, 4.69) is 0 Å². The van der Waals surface area contributed by atoms with Crippen LogP contribution >= 0.6 is 0 Å². The van der Waals surface area contributed by atoms with Crippen LogP contribution in [-0.4, -0.2) is 13.1 Å². The fourth-order valence-electron chi connectivity index (χ4n) is 1.85. The Kier molecular flexibility index (Phi) is 4.03. The number of methoxy groups -OCH3 is 1. The van der Waals surface area contributed by atoms with Gasteiger partial charge in [-0.3, -0.25) is 0 Å². The predicted molar refractivity (Wildman–Crippen MR) is 73.7 cm³/mol. The fourth-order valence-corrected chi connectivity index (χ4v) is 1.85. The van der Waals surface area contributed by atoms with Gasteiger partial charge in [0.2, 0.25) is 0 Å². The number of hydrogen-bond acceptors (Lipinski definition) is 3. The van der Waals surface area contributed by atoms with E-state index in [0.29, 0.717) is 22.6 Å². The Hall–Kier alpha value is -2.36. The van der Waals surface area contributed by atoms with Gasteiger partial charge in [-0.05, 0) is 49.7 Å². The second-order valence-electron chi connectivity index (χ2n) is 4.50. The molecule has 0 amide bonds. The van der Waals surface area contributed by atoms with E-state index in [1.165, 1.54) is 25.3 Å². The van der Waals surface area contributed by atoms with Crippen molar-refractivity contribution in [1.29, 1.82) is 0 Å². The van der Waals surface area contributed by atoms with Crippen LogP contribution in [0.25, 0.3) is 0 Å². The van der Waals surface area contributed by atoms with Gasteiger partial charge in [-0.2, -0.15) is 0 Å². The van der Waals surface area contributed by atoms with Crippen LogP contribution in [-0.2, 0) is 4.74 Å². The summed E-state index contributed by atoms with van der Waals surface area (Å²) in [5.41, 5.74) is 1.92. The van der Waals surface area contributed by atoms with Gasteiger partial charge < -0.3 is 9.47 Å². The maximum Gasteiger partial charge on any atom is 0.341 e. The van der Waals surface area contributed by atoms with Crippen molar-refractivity contribution in [3.63, 3.8) is 0 Å². The summed E-state index contributed by atoms with van der Waals surface area (Å²) in [6.45, 7) is 3.61. The molecule has 0 aliphatic heterocycles. The highest BCUT2D eigenvalue weighted by Gasteiger charge is 2.14. The van der Waals surface area contributed by atoms with Gasteiger partial charge in [0.25, 0.3) is 0 Å². The van der Waals surface area contributed by atoms with Crippen molar-refractivity contribution in [2.45, 2.75) is 13.8 Å². The summed E-state index contributed by atoms with van der Waals surface area (Å²) in [5, 5.41) is 0. The highest BCUT2D eigenvalue weighted by atomic mass is 19.1. The van der Waals surface area contributed by atoms with Crippen molar-refractivity contribution in [1.82, 2.24) is 0 Å². The van der Waals surface area contributed by atoms with Crippen molar-refractivity contribution in [2.75, 3.05) is 7.11 Å². The first-order valence-corrected chi connectivity index (χ1v) is 6.14. The minimum Gasteiger partial charge on any atom is -0.465 e. The summed E-state index contributed by atoms with van der Waals surface area (Å²) >= 11 is 0. The van der Waals surface area contributed by atoms with Gasteiger partial charge in [0, 0.05) is 0 Å². The largest absolute Gasteiger partial charge is 0.465 e. The molecular weight excluding hydrogens is 259 g/mol. The molecule has 104 valence electrons. The molecule has 0 aliphatic rings. The summed E-state index contributed by atoms with van der Waals surface area (Å²) in [6, 6.07) is 9.45. The van der Waals surface area contributed by atoms with Gasteiger partial charge >= 0.3 is 5.97 Å². The number of benzene rings is 2. The maximum atomic E-state index is 13.1. The Balaban J connectivity index is 2.40. The number of aryl methyl sites for hydroxylation is 2. The molecule has 0 saturated carbocycles. The van der Waals surface area contributed by atoms with Crippen LogP contribution in [0.4, 0.5) is 4.39 Å². The molecule has 0 unspecified atom stereocenters. The van der Waals surface area contributed by atoms with E-state index in [4.69, 9.17) is 9.47 Å². The van der Waals surface area contributed by atoms with E-state index in [0.717, 1.165) is 5.56 Å². The monoisotopic (exact) mass is 274 g/mol. The van der Waals surface area contributed by atoms with Gasteiger partial charge in [0.15, 0.2) is 0 Å². The molecule has 0 spiro atoms. The smallest absolute Gasteiger partial charge is 0.341 e. The first-order chi connectivity index (χ1) is 9.51. The van der Waals surface area contributed by atoms with Crippen molar-refractivity contribution >= 4 is 5.97 Å². The van der Waals surface area contributed by atoms with Crippen molar-refractivity contribution < 1.29 is 18.7 Å². The summed E-state index contributed by atoms with van der Waals surface area (Å²) in [7, 11) is 1.32. The Morgan fingerprint density at radius 2 is 1.75 bits per heavy atom. The molecule has 20 heavy (non-hydrogen) atoms. The SMILES string of the molecule is COC(=O)c1cc(C)ccc1Oc1ccc(F)cc1C. The average molecular weight is 274 g/mol. The van der Waals surface area contributed by atoms with Gasteiger partial charge in [0.05, 0.1) is 7.11 Å². The third kappa shape index (κ3) is 2.96. The number of hydrogen-bond donors (Lipinski definition) is 0. The minimum absolute atomic E-state index is 0.327. The normalized spacial score (nSPS) is 10.2. The third-order valence-corrected chi connectivity index (χ3v) is 2.90. The lowest BCUT2D eigenvalue weighted by molar-refractivity contribution is 0.0598. The lowest BCUT2D eigenvalue weighted by Gasteiger charge is -2.12. The maximum absolute atomic E-state index is 13.1. The molecule has 0 aliphatic carbocycles. The number of ether oxygens (including phenoxy) is 2. The molecular formula is C16H15FO3. The van der Waals surface area contributed by atoms with Crippen molar-refractivity contribution in [3.8, 4) is 11.5 Å². The average Bonchev–Trinajstić information content (AvgIpc) is 2.42. The van der Waals surface area contributed by atoms with E-state index in [1.54, 1.807) is 19.1 Å². The molecule has 0 heterocycles. The Morgan fingerprint density at radius 3 is 2.40 bits per heavy atom. The quantitative estimate of drug-likeness (QED) is 0.793. The fraction of sp³-hybridized carbons (Fsp3) is 0.188. The van der Waals surface area contributed by atoms with Crippen molar-refractivity contribution in [2.24, 2.45) is 0 Å². The standard InChI is InChI=1S/C16H15FO3/c1-10-4-6-15(13(8-10)16(18)19-3)20-14-7-5-12(17)9-11(14)2/h4-9H,1-3H3. The molecule has 0 saturated heterocycles. The molecule has 0 N–H and O–H groups in total. The number of carbonyl (C=O) groups excluding carboxylic acids is 1. The zero-order valence-corrected chi connectivity index (χ0v) is 11.6. The molecule has 0 atom stereocenters. The van der Waals surface area contributed by atoms with Crippen molar-refractivity contribution in [3.05, 3.63) is 58.9 Å². The molecule has 0 aromatic heterocycles. The summed E-state index contributed by atoms with van der Waals surface area (Å²) in [4.78, 5) is 11.8. The number of esters is 1. The van der Waals surface area contributed by atoms with Crippen LogP contribution in [0.15, 0.2) is 36.4 Å². The highest BCUT2D eigenvalue weighted by molar-refractivity contribution is 5.92. The molecule has 2 aromatic carbocycles. The first kappa shape index (κ1) is 14.1. The second-order valence-corrected chi connectivity index (χ2v) is 4.50. The third-order valence-electron chi connectivity index (χ3n) is 2.90. The van der Waals surface area contributed by atoms with E-state index < -0.39 is 5.97 Å². The summed E-state index contributed by atoms with van der Waals surface area (Å²) in [6.07, 6.45) is 0. The first-order valence-electron chi connectivity index (χ1n) is 6.14. The van der Waals surface area contributed by atoms with E-state index in [9.17, 15) is 9.18 Å². The van der Waals surface area contributed by atoms with E-state index in [-0.39, 0.29) is 5.82 Å². The van der Waals surface area contributed by atoms with Gasteiger partial charge in [-0.1, -0.05) is 11.6 Å². The zero-order valence-electron chi connectivity index (χ0n) is 11.6. The number of halogens is 1. The molecule has 0 bridgehead atoms. The topological polar surface area (TPSA) is 35.5 Å². The predicted octanol–water partition coefficient (Wildman–Crippen LogP) is 4.02. The summed E-state index contributed by atoms with van der Waals surface area (Å²) < 4.78 is 23.5. The zero-order chi connectivity index (χ0) is 14.7. The van der Waals surface area contributed by atoms with Crippen LogP contribution in [0.3, 0.4) is 0 Å². The minimum atomic E-state index is -0.469. The molecule has 3 nitrogen and oxygen atoms in total. The molecule has 0 fully saturated rings. The van der Waals surface area contributed by atoms with Crippen LogP contribution in [0.5, 0.6) is 11.5 Å². The molecule has 0 radical (unpaired) electrons. The Labute approximate surface area is 117 Å². The molecule has 2 rings (SSSR count). The van der Waals surface area contributed by atoms with E-state index in [1.807, 2.05) is 13.0 Å². The molecule has 2 aromatic rings. The van der Waals surface area contributed by atoms with Gasteiger partial charge in [-0.25, -0.2) is 9.18 Å². The lowest BCUT2D eigenvalue weighted by atomic mass is 10.1. The van der Waals surface area contributed by atoms with Gasteiger partial charge in [-0.15, -0.1) is 0 Å². The number of rotatable bonds is 3. The Morgan fingerprint density at radius 1 is 1.05 bits per heavy atom. The Bertz CT molecular complexity index is 650. The van der Waals surface area contributed by atoms with Crippen LogP contribution in [0.2, 0.25) is 0 Å². The highest BCUT2D eigenvalue weighted by Crippen LogP contribution is 2.29. The number of carbonyl (C=O) groups is 1. The molecule has 4 heteroatoms. The van der Waals surface area contributed by atoms with E-state index >= 15 is 0 Å². The lowest BCUT2D eigenvalue weighted by Crippen LogP contribution is -2.04. The second kappa shape index (κ2) is 5.74. The van der Waals surface area contributed by atoms with Gasteiger partial charge in [0.1, 0.15) is 22.9 Å². The van der Waals surface area contributed by atoms with Crippen LogP contribution in [0.1, 0.15) is 21.5 Å². The van der Waals surface area contributed by atoms with Crippen LogP contribution in [0, 0.1) is 19.7 Å². The summed E-state index contributed by atoms with van der Waals surface area (Å²) in [5.74, 6) is 0.0907. The van der Waals surface area contributed by atoms with Crippen LogP contribution < -0.4 is 4.74 Å².